The molecule has 1 fully saturated rings. The standard InChI is InChI=1S/C29H25N5/c1-2-6-20-15-21(10-9-19(20)5-1)22-16-27-29(32-17-22)34(23-11-13-30-14-12-23)28(33-27)25-18-31-26-8-4-3-7-24(25)26/h1-10,15-18,23,30-31H,11-14H2. The molecule has 0 spiro atoms. The van der Waals surface area contributed by atoms with Gasteiger partial charge in [0.1, 0.15) is 11.3 Å². The summed E-state index contributed by atoms with van der Waals surface area (Å²) >= 11 is 0. The molecule has 3 aromatic carbocycles. The summed E-state index contributed by atoms with van der Waals surface area (Å²) in [6.45, 7) is 2.04. The number of imidazole rings is 1. The third kappa shape index (κ3) is 3.12. The van der Waals surface area contributed by atoms with Gasteiger partial charge in [-0.2, -0.15) is 0 Å². The number of hydrogen-bond acceptors (Lipinski definition) is 3. The van der Waals surface area contributed by atoms with Crippen molar-refractivity contribution in [3.8, 4) is 22.5 Å². The van der Waals surface area contributed by atoms with E-state index in [2.05, 4.69) is 93.9 Å². The first-order chi connectivity index (χ1) is 16.8. The van der Waals surface area contributed by atoms with Crippen LogP contribution in [-0.2, 0) is 0 Å². The molecule has 1 saturated heterocycles. The Kier molecular flexibility index (Phi) is 4.49. The molecule has 0 unspecified atom stereocenters. The molecule has 34 heavy (non-hydrogen) atoms. The average Bonchev–Trinajstić information content (AvgIpc) is 3.50. The lowest BCUT2D eigenvalue weighted by Crippen LogP contribution is -2.29. The minimum Gasteiger partial charge on any atom is -0.360 e. The van der Waals surface area contributed by atoms with E-state index in [-0.39, 0.29) is 0 Å². The van der Waals surface area contributed by atoms with Gasteiger partial charge in [-0.3, -0.25) is 0 Å². The van der Waals surface area contributed by atoms with Crippen molar-refractivity contribution in [1.29, 1.82) is 0 Å². The van der Waals surface area contributed by atoms with Crippen molar-refractivity contribution in [2.24, 2.45) is 0 Å². The number of pyridine rings is 1. The first kappa shape index (κ1) is 19.5. The van der Waals surface area contributed by atoms with Gasteiger partial charge in [0.25, 0.3) is 0 Å². The SMILES string of the molecule is c1ccc2cc(-c3cnc4c(c3)nc(-c3c[nH]c5ccccc35)n4C3CCNCC3)ccc2c1. The number of rotatable bonds is 3. The number of nitrogens with one attached hydrogen (secondary N) is 2. The van der Waals surface area contributed by atoms with Gasteiger partial charge in [-0.25, -0.2) is 9.97 Å². The molecule has 1 aliphatic heterocycles. The number of H-pyrrole nitrogens is 1. The Hall–Kier alpha value is -3.96. The molecule has 0 bridgehead atoms. The molecule has 0 aliphatic carbocycles. The van der Waals surface area contributed by atoms with Gasteiger partial charge >= 0.3 is 0 Å². The van der Waals surface area contributed by atoms with Gasteiger partial charge in [-0.05, 0) is 60.5 Å². The summed E-state index contributed by atoms with van der Waals surface area (Å²) in [5.74, 6) is 1.00. The first-order valence-electron chi connectivity index (χ1n) is 12.0. The fourth-order valence-corrected chi connectivity index (χ4v) is 5.37. The van der Waals surface area contributed by atoms with E-state index in [0.29, 0.717) is 6.04 Å². The van der Waals surface area contributed by atoms with Crippen LogP contribution in [-0.4, -0.2) is 32.6 Å². The summed E-state index contributed by atoms with van der Waals surface area (Å²) in [7, 11) is 0. The molecule has 2 N–H and O–H groups in total. The van der Waals surface area contributed by atoms with Crippen LogP contribution < -0.4 is 5.32 Å². The van der Waals surface area contributed by atoms with Gasteiger partial charge in [-0.15, -0.1) is 0 Å². The summed E-state index contributed by atoms with van der Waals surface area (Å²) in [4.78, 5) is 13.6. The third-order valence-electron chi connectivity index (χ3n) is 7.12. The highest BCUT2D eigenvalue weighted by atomic mass is 15.2. The number of para-hydroxylation sites is 1. The zero-order valence-electron chi connectivity index (χ0n) is 18.8. The number of benzene rings is 3. The minimum atomic E-state index is 0.383. The van der Waals surface area contributed by atoms with Crippen molar-refractivity contribution in [3.63, 3.8) is 0 Å². The molecule has 5 heteroatoms. The van der Waals surface area contributed by atoms with E-state index in [9.17, 15) is 0 Å². The monoisotopic (exact) mass is 443 g/mol. The maximum Gasteiger partial charge on any atom is 0.160 e. The van der Waals surface area contributed by atoms with E-state index in [4.69, 9.17) is 9.97 Å². The molecule has 5 nitrogen and oxygen atoms in total. The molecule has 3 aromatic heterocycles. The second kappa shape index (κ2) is 7.82. The summed E-state index contributed by atoms with van der Waals surface area (Å²) < 4.78 is 2.38. The Morgan fingerprint density at radius 1 is 0.824 bits per heavy atom. The predicted molar refractivity (Wildman–Crippen MR) is 139 cm³/mol. The lowest BCUT2D eigenvalue weighted by molar-refractivity contribution is 0.376. The van der Waals surface area contributed by atoms with E-state index in [0.717, 1.165) is 65.1 Å². The molecule has 166 valence electrons. The number of aromatic nitrogens is 4. The normalized spacial score (nSPS) is 14.9. The first-order valence-corrected chi connectivity index (χ1v) is 12.0. The van der Waals surface area contributed by atoms with Crippen LogP contribution in [0.5, 0.6) is 0 Å². The maximum atomic E-state index is 5.19. The Morgan fingerprint density at radius 2 is 1.65 bits per heavy atom. The van der Waals surface area contributed by atoms with Crippen LogP contribution in [0.15, 0.2) is 85.2 Å². The van der Waals surface area contributed by atoms with Gasteiger partial charge in [0.05, 0.1) is 0 Å². The maximum absolute atomic E-state index is 5.19. The fourth-order valence-electron chi connectivity index (χ4n) is 5.37. The molecule has 0 amide bonds. The Labute approximate surface area is 197 Å². The molecular weight excluding hydrogens is 418 g/mol. The van der Waals surface area contributed by atoms with Crippen molar-refractivity contribution < 1.29 is 0 Å². The number of nitrogens with zero attached hydrogens (tertiary/aromatic N) is 3. The number of piperidine rings is 1. The van der Waals surface area contributed by atoms with Crippen LogP contribution in [0.1, 0.15) is 18.9 Å². The van der Waals surface area contributed by atoms with Gasteiger partial charge in [-0.1, -0.05) is 54.6 Å². The van der Waals surface area contributed by atoms with Crippen LogP contribution in [0, 0.1) is 0 Å². The summed E-state index contributed by atoms with van der Waals surface area (Å²) in [5.41, 5.74) is 6.45. The molecular formula is C29H25N5. The van der Waals surface area contributed by atoms with Crippen molar-refractivity contribution in [2.75, 3.05) is 13.1 Å². The van der Waals surface area contributed by atoms with E-state index >= 15 is 0 Å². The highest BCUT2D eigenvalue weighted by molar-refractivity contribution is 5.96. The summed E-state index contributed by atoms with van der Waals surface area (Å²) in [5, 5.41) is 7.17. The molecule has 7 rings (SSSR count). The highest BCUT2D eigenvalue weighted by Gasteiger charge is 2.24. The molecule has 6 aromatic rings. The number of aromatic amines is 1. The Bertz CT molecular complexity index is 1650. The zero-order chi connectivity index (χ0) is 22.5. The van der Waals surface area contributed by atoms with Crippen molar-refractivity contribution >= 4 is 32.8 Å². The largest absolute Gasteiger partial charge is 0.360 e. The summed E-state index contributed by atoms with van der Waals surface area (Å²) in [6, 6.07) is 26.1. The van der Waals surface area contributed by atoms with Gasteiger partial charge < -0.3 is 14.9 Å². The predicted octanol–water partition coefficient (Wildman–Crippen LogP) is 6.32. The van der Waals surface area contributed by atoms with Gasteiger partial charge in [0.2, 0.25) is 0 Å². The topological polar surface area (TPSA) is 58.5 Å². The van der Waals surface area contributed by atoms with E-state index in [1.165, 1.54) is 16.2 Å². The van der Waals surface area contributed by atoms with E-state index in [1.54, 1.807) is 0 Å². The minimum absolute atomic E-state index is 0.383. The molecule has 0 saturated carbocycles. The van der Waals surface area contributed by atoms with E-state index < -0.39 is 0 Å². The van der Waals surface area contributed by atoms with E-state index in [1.807, 2.05) is 6.20 Å². The van der Waals surface area contributed by atoms with Crippen LogP contribution in [0.4, 0.5) is 0 Å². The fraction of sp³-hybridized carbons (Fsp3) is 0.172. The van der Waals surface area contributed by atoms with Crippen LogP contribution in [0.2, 0.25) is 0 Å². The zero-order valence-corrected chi connectivity index (χ0v) is 18.8. The molecule has 1 aliphatic rings. The second-order valence-electron chi connectivity index (χ2n) is 9.16. The van der Waals surface area contributed by atoms with Gasteiger partial charge in [0, 0.05) is 40.5 Å². The molecule has 0 radical (unpaired) electrons. The second-order valence-corrected chi connectivity index (χ2v) is 9.16. The van der Waals surface area contributed by atoms with Crippen molar-refractivity contribution in [2.45, 2.75) is 18.9 Å². The van der Waals surface area contributed by atoms with Crippen LogP contribution >= 0.6 is 0 Å². The van der Waals surface area contributed by atoms with Crippen LogP contribution in [0.3, 0.4) is 0 Å². The van der Waals surface area contributed by atoms with Gasteiger partial charge in [0.15, 0.2) is 5.65 Å². The summed E-state index contributed by atoms with van der Waals surface area (Å²) in [6.07, 6.45) is 6.25. The third-order valence-corrected chi connectivity index (χ3v) is 7.12. The molecule has 4 heterocycles. The van der Waals surface area contributed by atoms with Crippen LogP contribution in [0.25, 0.3) is 55.4 Å². The highest BCUT2D eigenvalue weighted by Crippen LogP contribution is 2.36. The average molecular weight is 444 g/mol. The Morgan fingerprint density at radius 3 is 2.56 bits per heavy atom. The van der Waals surface area contributed by atoms with Crippen molar-refractivity contribution in [3.05, 3.63) is 85.2 Å². The number of fused-ring (bicyclic) bond motifs is 3. The molecule has 0 atom stereocenters. The quantitative estimate of drug-likeness (QED) is 0.336. The smallest absolute Gasteiger partial charge is 0.160 e. The lowest BCUT2D eigenvalue weighted by atomic mass is 10.0. The van der Waals surface area contributed by atoms with Crippen molar-refractivity contribution in [1.82, 2.24) is 24.8 Å². The lowest BCUT2D eigenvalue weighted by Gasteiger charge is -2.25. The Balaban J connectivity index is 1.42. The number of hydrogen-bond donors (Lipinski definition) is 2.